The van der Waals surface area contributed by atoms with Gasteiger partial charge < -0.3 is 19.6 Å². The highest BCUT2D eigenvalue weighted by atomic mass is 32.2. The van der Waals surface area contributed by atoms with Gasteiger partial charge in [-0.2, -0.15) is 17.5 Å². The van der Waals surface area contributed by atoms with Gasteiger partial charge in [-0.1, -0.05) is 13.8 Å². The van der Waals surface area contributed by atoms with E-state index in [9.17, 15) is 26.4 Å². The van der Waals surface area contributed by atoms with Gasteiger partial charge in [0.05, 0.1) is 23.9 Å². The van der Waals surface area contributed by atoms with Gasteiger partial charge in [-0.15, -0.1) is 0 Å². The van der Waals surface area contributed by atoms with Crippen molar-refractivity contribution in [1.82, 2.24) is 14.1 Å². The third kappa shape index (κ3) is 7.02. The van der Waals surface area contributed by atoms with E-state index in [1.807, 2.05) is 18.7 Å². The number of fused-ring (bicyclic) bond motifs is 2. The summed E-state index contributed by atoms with van der Waals surface area (Å²) in [5, 5.41) is 7.12. The normalized spacial score (nSPS) is 27.7. The summed E-state index contributed by atoms with van der Waals surface area (Å²) in [4.78, 5) is 25.9. The topological polar surface area (TPSA) is 107 Å². The summed E-state index contributed by atoms with van der Waals surface area (Å²) < 4.78 is 64.2. The number of carboxylic acid groups (broad SMARTS) is 1. The molecule has 1 amide bonds. The first-order valence-electron chi connectivity index (χ1n) is 10.1. The van der Waals surface area contributed by atoms with Gasteiger partial charge in [-0.3, -0.25) is 4.79 Å². The number of hydrogen-bond donors (Lipinski definition) is 1. The fourth-order valence-corrected chi connectivity index (χ4v) is 5.72. The predicted octanol–water partition coefficient (Wildman–Crippen LogP) is 0.469. The van der Waals surface area contributed by atoms with E-state index in [2.05, 4.69) is 11.9 Å². The number of alkyl halides is 3. The second kappa shape index (κ2) is 10.0. The van der Waals surface area contributed by atoms with Gasteiger partial charge >= 0.3 is 12.1 Å². The number of morpholine rings is 1. The lowest BCUT2D eigenvalue weighted by Crippen LogP contribution is -2.52. The summed E-state index contributed by atoms with van der Waals surface area (Å²) in [7, 11) is -1.21. The van der Waals surface area contributed by atoms with Crippen LogP contribution in [0, 0.1) is 11.8 Å². The van der Waals surface area contributed by atoms with Crippen LogP contribution in [0.25, 0.3) is 0 Å². The smallest absolute Gasteiger partial charge is 0.475 e. The molecule has 0 radical (unpaired) electrons. The van der Waals surface area contributed by atoms with Crippen molar-refractivity contribution in [2.24, 2.45) is 11.8 Å². The van der Waals surface area contributed by atoms with E-state index < -0.39 is 22.2 Å². The zero-order valence-electron chi connectivity index (χ0n) is 17.8. The van der Waals surface area contributed by atoms with Crippen molar-refractivity contribution in [1.29, 1.82) is 0 Å². The number of piperazine rings is 1. The molecule has 3 aliphatic rings. The Hall–Kier alpha value is -1.44. The number of amides is 1. The molecular weight excluding hydrogens is 443 g/mol. The lowest BCUT2D eigenvalue weighted by molar-refractivity contribution is -0.192. The van der Waals surface area contributed by atoms with Crippen molar-refractivity contribution >= 4 is 21.9 Å². The van der Waals surface area contributed by atoms with Gasteiger partial charge in [0.15, 0.2) is 0 Å². The maximum absolute atomic E-state index is 12.8. The molecule has 3 rings (SSSR count). The molecule has 0 spiro atoms. The molecule has 0 aromatic rings. The second-order valence-electron chi connectivity index (χ2n) is 8.56. The first-order chi connectivity index (χ1) is 14.2. The third-order valence-corrected chi connectivity index (χ3v) is 7.61. The van der Waals surface area contributed by atoms with Crippen LogP contribution in [0.3, 0.4) is 0 Å². The molecule has 3 atom stereocenters. The zero-order chi connectivity index (χ0) is 23.6. The first kappa shape index (κ1) is 25.8. The minimum Gasteiger partial charge on any atom is -0.475 e. The molecule has 3 heterocycles. The summed E-state index contributed by atoms with van der Waals surface area (Å²) >= 11 is 0. The Balaban J connectivity index is 0.000000423. The molecule has 0 saturated carbocycles. The van der Waals surface area contributed by atoms with Gasteiger partial charge in [0.2, 0.25) is 15.9 Å². The summed E-state index contributed by atoms with van der Waals surface area (Å²) in [5.41, 5.74) is 0. The number of carbonyl (C=O) groups excluding carboxylic acids is 1. The van der Waals surface area contributed by atoms with Crippen LogP contribution < -0.4 is 0 Å². The monoisotopic (exact) mass is 473 g/mol. The van der Waals surface area contributed by atoms with Crippen LogP contribution >= 0.6 is 0 Å². The maximum atomic E-state index is 12.8. The van der Waals surface area contributed by atoms with E-state index in [1.54, 1.807) is 4.31 Å². The van der Waals surface area contributed by atoms with E-state index in [-0.39, 0.29) is 35.7 Å². The molecule has 180 valence electrons. The van der Waals surface area contributed by atoms with Crippen LogP contribution in [0.2, 0.25) is 0 Å². The molecule has 3 saturated heterocycles. The number of aliphatic carboxylic acids is 1. The van der Waals surface area contributed by atoms with E-state index in [0.717, 1.165) is 26.2 Å². The number of rotatable bonds is 4. The van der Waals surface area contributed by atoms with Gasteiger partial charge in [-0.25, -0.2) is 13.2 Å². The number of nitrogens with zero attached hydrogens (tertiary/aromatic N) is 3. The minimum absolute atomic E-state index is 0.0956. The van der Waals surface area contributed by atoms with Crippen LogP contribution in [0.5, 0.6) is 0 Å². The number of carbonyl (C=O) groups is 2. The zero-order valence-corrected chi connectivity index (χ0v) is 18.7. The Kier molecular flexibility index (Phi) is 8.33. The molecule has 31 heavy (non-hydrogen) atoms. The lowest BCUT2D eigenvalue weighted by atomic mass is 9.98. The Morgan fingerprint density at radius 2 is 1.68 bits per heavy atom. The highest BCUT2D eigenvalue weighted by Crippen LogP contribution is 2.34. The molecule has 0 unspecified atom stereocenters. The highest BCUT2D eigenvalue weighted by molar-refractivity contribution is 7.89. The maximum Gasteiger partial charge on any atom is 0.490 e. The van der Waals surface area contributed by atoms with Crippen molar-refractivity contribution < 1.29 is 41.0 Å². The van der Waals surface area contributed by atoms with Crippen LogP contribution in [-0.2, 0) is 24.3 Å². The number of halogens is 3. The van der Waals surface area contributed by atoms with Crippen molar-refractivity contribution in [3.8, 4) is 0 Å². The van der Waals surface area contributed by atoms with Crippen LogP contribution in [-0.4, -0.2) is 110 Å². The quantitative estimate of drug-likeness (QED) is 0.633. The standard InChI is InChI=1S/C16H29N3O4S.C2HF3O2/c1-12(2)11-24(21,22)19-9-13-8-14(15(10-19)23-13)16(20)18-6-4-17(3)5-7-18;3-2(4,5)1(6)7/h12-15H,4-11H2,1-3H3;(H,6,7)/t13-,14+,15-;/m1./s1. The Morgan fingerprint density at radius 3 is 2.16 bits per heavy atom. The first-order valence-corrected chi connectivity index (χ1v) is 11.7. The van der Waals surface area contributed by atoms with Gasteiger partial charge in [-0.05, 0) is 19.4 Å². The SMILES string of the molecule is CC(C)CS(=O)(=O)N1C[C@H]2C[C@H](C(=O)N3CCN(C)CC3)[C@@H](C1)O2.O=C(O)C(F)(F)F. The Labute approximate surface area is 180 Å². The van der Waals surface area contributed by atoms with Crippen molar-refractivity contribution in [3.63, 3.8) is 0 Å². The molecule has 9 nitrogen and oxygen atoms in total. The Bertz CT molecular complexity index is 753. The molecule has 3 aliphatic heterocycles. The highest BCUT2D eigenvalue weighted by Gasteiger charge is 2.48. The molecule has 0 aliphatic carbocycles. The number of hydrogen-bond acceptors (Lipinski definition) is 6. The average molecular weight is 474 g/mol. The third-order valence-electron chi connectivity index (χ3n) is 5.44. The molecule has 2 bridgehead atoms. The second-order valence-corrected chi connectivity index (χ2v) is 10.6. The van der Waals surface area contributed by atoms with E-state index >= 15 is 0 Å². The number of likely N-dealkylation sites (N-methyl/N-ethyl adjacent to an activating group) is 1. The van der Waals surface area contributed by atoms with E-state index in [0.29, 0.717) is 19.5 Å². The summed E-state index contributed by atoms with van der Waals surface area (Å²) in [6, 6.07) is 0. The van der Waals surface area contributed by atoms with Gasteiger partial charge in [0.1, 0.15) is 0 Å². The minimum atomic E-state index is -5.08. The largest absolute Gasteiger partial charge is 0.490 e. The van der Waals surface area contributed by atoms with Gasteiger partial charge in [0.25, 0.3) is 0 Å². The van der Waals surface area contributed by atoms with Crippen LogP contribution in [0.4, 0.5) is 13.2 Å². The molecule has 3 fully saturated rings. The van der Waals surface area contributed by atoms with Crippen molar-refractivity contribution in [3.05, 3.63) is 0 Å². The molecule has 0 aromatic carbocycles. The fraction of sp³-hybridized carbons (Fsp3) is 0.889. The molecule has 13 heteroatoms. The average Bonchev–Trinajstić information content (AvgIpc) is 2.94. The number of ether oxygens (including phenoxy) is 1. The molecular formula is C18H30F3N3O6S. The summed E-state index contributed by atoms with van der Waals surface area (Å²) in [6.45, 7) is 7.80. The summed E-state index contributed by atoms with van der Waals surface area (Å²) in [6.07, 6.45) is -4.88. The fourth-order valence-electron chi connectivity index (χ4n) is 3.90. The van der Waals surface area contributed by atoms with Crippen LogP contribution in [0.15, 0.2) is 0 Å². The number of sulfonamides is 1. The predicted molar refractivity (Wildman–Crippen MR) is 105 cm³/mol. The molecule has 1 N–H and O–H groups in total. The lowest BCUT2D eigenvalue weighted by Gasteiger charge is -2.35. The molecule has 0 aromatic heterocycles. The van der Waals surface area contributed by atoms with Crippen LogP contribution in [0.1, 0.15) is 20.3 Å². The number of carboxylic acids is 1. The van der Waals surface area contributed by atoms with E-state index in [4.69, 9.17) is 14.6 Å². The Morgan fingerprint density at radius 1 is 1.13 bits per heavy atom. The van der Waals surface area contributed by atoms with Crippen molar-refractivity contribution in [2.75, 3.05) is 52.1 Å². The van der Waals surface area contributed by atoms with Gasteiger partial charge in [0, 0.05) is 39.3 Å². The summed E-state index contributed by atoms with van der Waals surface area (Å²) in [5.74, 6) is -2.56. The van der Waals surface area contributed by atoms with Crippen molar-refractivity contribution in [2.45, 2.75) is 38.7 Å². The van der Waals surface area contributed by atoms with E-state index in [1.165, 1.54) is 0 Å².